The van der Waals surface area contributed by atoms with E-state index in [1.54, 1.807) is 12.3 Å². The molecule has 11 heteroatoms. The normalized spacial score (nSPS) is 23.2. The molecule has 9 nitrogen and oxygen atoms in total. The summed E-state index contributed by atoms with van der Waals surface area (Å²) in [4.78, 5) is 30.4. The number of ether oxygens (including phenoxy) is 2. The lowest BCUT2D eigenvalue weighted by molar-refractivity contribution is -0.145. The van der Waals surface area contributed by atoms with Crippen molar-refractivity contribution >= 4 is 41.8 Å². The standard InChI is InChI=1S/C32H40Cl2N6O3/c1-4-42-31(41)30-26-6-11-39(12-7-27(26)30)20-22-14-28(23-16-24(33)18-25(34)17-23)38-29(15-22)43-21(2)19-37-32(35-3)40-10-5-8-36-9-13-40/h14-19,26-27,30,36H,3-13,20H2,1-2H3/b21-19+,37-32+/t26-,27+,30+. The largest absolute Gasteiger partial charge is 0.466 e. The highest BCUT2D eigenvalue weighted by molar-refractivity contribution is 6.35. The van der Waals surface area contributed by atoms with Crippen molar-refractivity contribution in [1.29, 1.82) is 0 Å². The summed E-state index contributed by atoms with van der Waals surface area (Å²) in [5.41, 5.74) is 2.60. The molecule has 1 aromatic carbocycles. The Labute approximate surface area is 264 Å². The van der Waals surface area contributed by atoms with Crippen LogP contribution in [0.3, 0.4) is 0 Å². The Bertz CT molecular complexity index is 1340. The lowest BCUT2D eigenvalue weighted by Crippen LogP contribution is -2.32. The average molecular weight is 628 g/mol. The van der Waals surface area contributed by atoms with Crippen LogP contribution >= 0.6 is 23.2 Å². The van der Waals surface area contributed by atoms with Gasteiger partial charge in [-0.1, -0.05) is 23.2 Å². The molecule has 1 saturated carbocycles. The number of nitrogens with one attached hydrogen (secondary N) is 1. The molecule has 2 aliphatic heterocycles. The molecule has 3 atom stereocenters. The molecule has 43 heavy (non-hydrogen) atoms. The number of pyridine rings is 1. The van der Waals surface area contributed by atoms with Crippen LogP contribution in [-0.2, 0) is 16.1 Å². The maximum Gasteiger partial charge on any atom is 0.309 e. The number of allylic oxidation sites excluding steroid dienone is 1. The van der Waals surface area contributed by atoms with Gasteiger partial charge in [0.15, 0.2) is 0 Å². The molecular weight excluding hydrogens is 587 g/mol. The number of carbonyl (C=O) groups is 1. The Morgan fingerprint density at radius 3 is 2.53 bits per heavy atom. The van der Waals surface area contributed by atoms with Gasteiger partial charge in [0.25, 0.3) is 0 Å². The molecule has 2 aromatic rings. The van der Waals surface area contributed by atoms with Crippen molar-refractivity contribution in [3.8, 4) is 17.1 Å². The number of guanidine groups is 1. The van der Waals surface area contributed by atoms with Gasteiger partial charge in [0.2, 0.25) is 11.8 Å². The van der Waals surface area contributed by atoms with E-state index in [2.05, 4.69) is 37.9 Å². The first-order valence-corrected chi connectivity index (χ1v) is 15.8. The summed E-state index contributed by atoms with van der Waals surface area (Å²) in [5.74, 6) is 2.52. The summed E-state index contributed by atoms with van der Waals surface area (Å²) >= 11 is 12.7. The number of aromatic nitrogens is 1. The van der Waals surface area contributed by atoms with Gasteiger partial charge in [-0.3, -0.25) is 9.69 Å². The number of benzene rings is 1. The Hall–Kier alpha value is -2.98. The maximum atomic E-state index is 12.3. The molecule has 3 heterocycles. The first-order valence-electron chi connectivity index (χ1n) is 15.1. The van der Waals surface area contributed by atoms with E-state index in [1.165, 1.54) is 0 Å². The van der Waals surface area contributed by atoms with Crippen LogP contribution in [0.2, 0.25) is 10.0 Å². The summed E-state index contributed by atoms with van der Waals surface area (Å²) in [6.45, 7) is 14.0. The number of aliphatic imine (C=N–C) groups is 2. The van der Waals surface area contributed by atoms with E-state index in [0.717, 1.165) is 81.9 Å². The van der Waals surface area contributed by atoms with Crippen molar-refractivity contribution in [2.45, 2.75) is 39.7 Å². The van der Waals surface area contributed by atoms with Gasteiger partial charge in [0.1, 0.15) is 5.76 Å². The van der Waals surface area contributed by atoms with Gasteiger partial charge in [-0.05, 0) is 101 Å². The number of fused-ring (bicyclic) bond motifs is 1. The zero-order chi connectivity index (χ0) is 30.3. The molecule has 1 N–H and O–H groups in total. The summed E-state index contributed by atoms with van der Waals surface area (Å²) < 4.78 is 11.5. The van der Waals surface area contributed by atoms with Gasteiger partial charge in [0, 0.05) is 47.9 Å². The molecule has 5 rings (SSSR count). The van der Waals surface area contributed by atoms with Crippen molar-refractivity contribution in [3.63, 3.8) is 0 Å². The van der Waals surface area contributed by atoms with Crippen LogP contribution in [-0.4, -0.2) is 79.3 Å². The molecule has 3 aliphatic rings. The minimum atomic E-state index is -0.0288. The van der Waals surface area contributed by atoms with E-state index in [0.29, 0.717) is 46.1 Å². The maximum absolute atomic E-state index is 12.3. The van der Waals surface area contributed by atoms with Gasteiger partial charge in [-0.25, -0.2) is 15.0 Å². The number of hydrogen-bond acceptors (Lipinski definition) is 7. The lowest BCUT2D eigenvalue weighted by Gasteiger charge is -2.22. The smallest absolute Gasteiger partial charge is 0.309 e. The SMILES string of the molecule is C=N/C(=N\C=C(/C)Oc1cc(CN2CC[C@@H]3[C@H](CC2)[C@H]3C(=O)OCC)cc(-c2cc(Cl)cc(Cl)c2)n1)N1CCCNCC1. The minimum Gasteiger partial charge on any atom is -0.466 e. The number of esters is 1. The summed E-state index contributed by atoms with van der Waals surface area (Å²) in [7, 11) is 0. The van der Waals surface area contributed by atoms with Gasteiger partial charge < -0.3 is 19.7 Å². The van der Waals surface area contributed by atoms with Crippen molar-refractivity contribution in [2.24, 2.45) is 27.7 Å². The fraction of sp³-hybridized carbons (Fsp3) is 0.500. The van der Waals surface area contributed by atoms with E-state index in [4.69, 9.17) is 37.7 Å². The van der Waals surface area contributed by atoms with Crippen molar-refractivity contribution in [2.75, 3.05) is 45.9 Å². The van der Waals surface area contributed by atoms with Gasteiger partial charge in [0.05, 0.1) is 24.4 Å². The van der Waals surface area contributed by atoms with E-state index in [-0.39, 0.29) is 11.9 Å². The molecule has 0 radical (unpaired) electrons. The van der Waals surface area contributed by atoms with Gasteiger partial charge >= 0.3 is 5.97 Å². The Balaban J connectivity index is 1.33. The fourth-order valence-corrected chi connectivity index (χ4v) is 6.70. The van der Waals surface area contributed by atoms with Crippen molar-refractivity contribution < 1.29 is 14.3 Å². The third-order valence-corrected chi connectivity index (χ3v) is 8.70. The molecule has 0 bridgehead atoms. The highest BCUT2D eigenvalue weighted by atomic mass is 35.5. The van der Waals surface area contributed by atoms with E-state index in [9.17, 15) is 4.79 Å². The van der Waals surface area contributed by atoms with E-state index >= 15 is 0 Å². The van der Waals surface area contributed by atoms with E-state index < -0.39 is 0 Å². The Morgan fingerprint density at radius 1 is 1.09 bits per heavy atom. The number of carbonyl (C=O) groups excluding carboxylic acids is 1. The Morgan fingerprint density at radius 2 is 1.84 bits per heavy atom. The van der Waals surface area contributed by atoms with Crippen molar-refractivity contribution in [1.82, 2.24) is 20.1 Å². The predicted molar refractivity (Wildman–Crippen MR) is 172 cm³/mol. The second-order valence-corrected chi connectivity index (χ2v) is 12.2. The predicted octanol–water partition coefficient (Wildman–Crippen LogP) is 5.67. The van der Waals surface area contributed by atoms with Gasteiger partial charge in [-0.15, -0.1) is 0 Å². The zero-order valence-electron chi connectivity index (χ0n) is 24.9. The lowest BCUT2D eigenvalue weighted by atomic mass is 10.1. The number of rotatable bonds is 8. The first-order chi connectivity index (χ1) is 20.8. The van der Waals surface area contributed by atoms with Crippen LogP contribution in [0.25, 0.3) is 11.3 Å². The van der Waals surface area contributed by atoms with Crippen LogP contribution in [0.1, 0.15) is 38.7 Å². The molecule has 230 valence electrons. The average Bonchev–Trinajstić information content (AvgIpc) is 3.75. The number of hydrogen-bond donors (Lipinski definition) is 1. The third-order valence-electron chi connectivity index (χ3n) is 8.27. The molecular formula is C32H40Cl2N6O3. The molecule has 2 saturated heterocycles. The van der Waals surface area contributed by atoms with Gasteiger partial charge in [-0.2, -0.15) is 0 Å². The van der Waals surface area contributed by atoms with Crippen LogP contribution in [0.15, 0.2) is 52.3 Å². The fourth-order valence-electron chi connectivity index (χ4n) is 6.17. The summed E-state index contributed by atoms with van der Waals surface area (Å²) in [6, 6.07) is 9.44. The molecule has 3 fully saturated rings. The minimum absolute atomic E-state index is 0.0288. The van der Waals surface area contributed by atoms with E-state index in [1.807, 2.05) is 32.0 Å². The second kappa shape index (κ2) is 14.7. The monoisotopic (exact) mass is 626 g/mol. The van der Waals surface area contributed by atoms with Crippen molar-refractivity contribution in [3.05, 3.63) is 57.9 Å². The van der Waals surface area contributed by atoms with Crippen LogP contribution in [0.5, 0.6) is 5.88 Å². The molecule has 0 unspecified atom stereocenters. The molecule has 0 amide bonds. The topological polar surface area (TPSA) is 91.7 Å². The first kappa shape index (κ1) is 31.4. The quantitative estimate of drug-likeness (QED) is 0.175. The van der Waals surface area contributed by atoms with Crippen LogP contribution < -0.4 is 10.1 Å². The van der Waals surface area contributed by atoms with Crippen LogP contribution in [0, 0.1) is 17.8 Å². The highest BCUT2D eigenvalue weighted by Crippen LogP contribution is 2.53. The molecule has 0 spiro atoms. The number of nitrogens with zero attached hydrogens (tertiary/aromatic N) is 5. The molecule has 1 aromatic heterocycles. The summed E-state index contributed by atoms with van der Waals surface area (Å²) in [6.07, 6.45) is 4.66. The number of halogens is 2. The van der Waals surface area contributed by atoms with Crippen LogP contribution in [0.4, 0.5) is 0 Å². The number of likely N-dealkylation sites (tertiary alicyclic amines) is 1. The molecule has 1 aliphatic carbocycles. The Kier molecular flexibility index (Phi) is 10.7. The third kappa shape index (κ3) is 8.35. The highest BCUT2D eigenvalue weighted by Gasteiger charge is 2.55. The second-order valence-electron chi connectivity index (χ2n) is 11.3. The zero-order valence-corrected chi connectivity index (χ0v) is 26.4. The summed E-state index contributed by atoms with van der Waals surface area (Å²) in [5, 5.41) is 4.47.